The van der Waals surface area contributed by atoms with Gasteiger partial charge in [-0.25, -0.2) is 4.79 Å². The summed E-state index contributed by atoms with van der Waals surface area (Å²) < 4.78 is 6.63. The first-order valence-corrected chi connectivity index (χ1v) is 9.40. The Labute approximate surface area is 168 Å². The van der Waals surface area contributed by atoms with Crippen molar-refractivity contribution in [2.45, 2.75) is 26.4 Å². The fourth-order valence-corrected chi connectivity index (χ4v) is 3.14. The van der Waals surface area contributed by atoms with E-state index in [0.29, 0.717) is 42.6 Å². The zero-order valence-electron chi connectivity index (χ0n) is 16.2. The lowest BCUT2D eigenvalue weighted by atomic mass is 10.2. The van der Waals surface area contributed by atoms with Crippen LogP contribution in [0.5, 0.6) is 0 Å². The molecule has 1 aliphatic rings. The van der Waals surface area contributed by atoms with Gasteiger partial charge in [-0.2, -0.15) is 9.78 Å². The van der Waals surface area contributed by atoms with Crippen LogP contribution in [0.4, 0.5) is 16.2 Å². The summed E-state index contributed by atoms with van der Waals surface area (Å²) in [7, 11) is 0. The minimum Gasteiger partial charge on any atom is -0.444 e. The van der Waals surface area contributed by atoms with Crippen LogP contribution < -0.4 is 16.2 Å². The van der Waals surface area contributed by atoms with E-state index in [9.17, 15) is 9.59 Å². The van der Waals surface area contributed by atoms with Crippen LogP contribution in [-0.4, -0.2) is 52.6 Å². The van der Waals surface area contributed by atoms with Crippen molar-refractivity contribution < 1.29 is 9.53 Å². The Balaban J connectivity index is 1.75. The van der Waals surface area contributed by atoms with Gasteiger partial charge in [0, 0.05) is 31.2 Å². The van der Waals surface area contributed by atoms with Crippen molar-refractivity contribution in [3.63, 3.8) is 0 Å². The molecule has 0 bridgehead atoms. The molecule has 0 spiro atoms. The zero-order valence-corrected chi connectivity index (χ0v) is 16.9. The molecule has 1 amide bonds. The lowest BCUT2D eigenvalue weighted by Gasteiger charge is -2.36. The number of carbonyl (C=O) groups is 1. The molecule has 1 aromatic carbocycles. The molecule has 150 valence electrons. The predicted molar refractivity (Wildman–Crippen MR) is 109 cm³/mol. The van der Waals surface area contributed by atoms with E-state index in [2.05, 4.69) is 5.10 Å². The normalized spacial score (nSPS) is 14.9. The second-order valence-corrected chi connectivity index (χ2v) is 8.03. The number of rotatable bonds is 2. The van der Waals surface area contributed by atoms with Crippen molar-refractivity contribution >= 4 is 29.1 Å². The number of piperazine rings is 1. The molecule has 2 N–H and O–H groups in total. The molecule has 0 radical (unpaired) electrons. The molecule has 8 nitrogen and oxygen atoms in total. The lowest BCUT2D eigenvalue weighted by molar-refractivity contribution is 0.0240. The molecule has 2 heterocycles. The zero-order chi connectivity index (χ0) is 20.5. The van der Waals surface area contributed by atoms with Crippen molar-refractivity contribution in [1.29, 1.82) is 0 Å². The molecule has 0 atom stereocenters. The average Bonchev–Trinajstić information content (AvgIpc) is 2.63. The molecule has 28 heavy (non-hydrogen) atoms. The van der Waals surface area contributed by atoms with Gasteiger partial charge in [-0.1, -0.05) is 17.7 Å². The van der Waals surface area contributed by atoms with Gasteiger partial charge in [0.05, 0.1) is 17.6 Å². The van der Waals surface area contributed by atoms with Crippen LogP contribution in [0.2, 0.25) is 5.02 Å². The van der Waals surface area contributed by atoms with E-state index in [1.54, 1.807) is 35.4 Å². The third kappa shape index (κ3) is 4.39. The number of anilines is 2. The summed E-state index contributed by atoms with van der Waals surface area (Å²) in [5.74, 6) is 0. The highest BCUT2D eigenvalue weighted by atomic mass is 35.5. The fraction of sp³-hybridized carbons (Fsp3) is 0.421. The van der Waals surface area contributed by atoms with E-state index in [1.807, 2.05) is 25.7 Å². The molecular weight excluding hydrogens is 382 g/mol. The highest BCUT2D eigenvalue weighted by molar-refractivity contribution is 6.30. The number of benzene rings is 1. The Morgan fingerprint density at radius 1 is 1.21 bits per heavy atom. The summed E-state index contributed by atoms with van der Waals surface area (Å²) in [6, 6.07) is 6.84. The van der Waals surface area contributed by atoms with Crippen LogP contribution in [0, 0.1) is 0 Å². The third-order valence-corrected chi connectivity index (χ3v) is 4.55. The maximum Gasteiger partial charge on any atom is 0.410 e. The molecule has 1 aromatic heterocycles. The first kappa shape index (κ1) is 20.0. The highest BCUT2D eigenvalue weighted by Crippen LogP contribution is 2.22. The number of amides is 1. The molecule has 0 saturated carbocycles. The van der Waals surface area contributed by atoms with Crippen LogP contribution in [0.25, 0.3) is 5.69 Å². The Hall–Kier alpha value is -2.74. The molecule has 0 aliphatic carbocycles. The Kier molecular flexibility index (Phi) is 5.51. The first-order chi connectivity index (χ1) is 13.2. The van der Waals surface area contributed by atoms with Crippen LogP contribution in [0.15, 0.2) is 35.3 Å². The van der Waals surface area contributed by atoms with Gasteiger partial charge in [-0.15, -0.1) is 0 Å². The predicted octanol–water partition coefficient (Wildman–Crippen LogP) is 2.53. The summed E-state index contributed by atoms with van der Waals surface area (Å²) in [4.78, 5) is 28.5. The number of nitrogens with zero attached hydrogens (tertiary/aromatic N) is 4. The SMILES string of the molecule is CC(C)(C)OC(=O)N1CCN(c2cnn(-c3cccc(Cl)c3)c(=O)c2N)CC1. The summed E-state index contributed by atoms with van der Waals surface area (Å²) in [5, 5.41) is 4.75. The quantitative estimate of drug-likeness (QED) is 0.825. The summed E-state index contributed by atoms with van der Waals surface area (Å²) in [5.41, 5.74) is 6.39. The van der Waals surface area contributed by atoms with Gasteiger partial charge < -0.3 is 20.3 Å². The van der Waals surface area contributed by atoms with Gasteiger partial charge in [-0.3, -0.25) is 4.79 Å². The van der Waals surface area contributed by atoms with Gasteiger partial charge in [0.2, 0.25) is 0 Å². The highest BCUT2D eigenvalue weighted by Gasteiger charge is 2.27. The van der Waals surface area contributed by atoms with Gasteiger partial charge >= 0.3 is 6.09 Å². The average molecular weight is 406 g/mol. The number of hydrogen-bond donors (Lipinski definition) is 1. The largest absolute Gasteiger partial charge is 0.444 e. The summed E-state index contributed by atoms with van der Waals surface area (Å²) >= 11 is 5.99. The Bertz CT molecular complexity index is 930. The third-order valence-electron chi connectivity index (χ3n) is 4.32. The van der Waals surface area contributed by atoms with E-state index in [4.69, 9.17) is 22.1 Å². The molecule has 0 unspecified atom stereocenters. The molecule has 2 aromatic rings. The number of aromatic nitrogens is 2. The molecule has 3 rings (SSSR count). The molecule has 1 saturated heterocycles. The molecule has 1 aliphatic heterocycles. The number of nitrogen functional groups attached to an aromatic ring is 1. The Morgan fingerprint density at radius 2 is 1.89 bits per heavy atom. The van der Waals surface area contributed by atoms with E-state index < -0.39 is 11.2 Å². The Morgan fingerprint density at radius 3 is 2.50 bits per heavy atom. The number of hydrogen-bond acceptors (Lipinski definition) is 6. The summed E-state index contributed by atoms with van der Waals surface area (Å²) in [6.45, 7) is 7.53. The van der Waals surface area contributed by atoms with Crippen LogP contribution >= 0.6 is 11.6 Å². The summed E-state index contributed by atoms with van der Waals surface area (Å²) in [6.07, 6.45) is 1.23. The van der Waals surface area contributed by atoms with Crippen LogP contribution in [0.1, 0.15) is 20.8 Å². The van der Waals surface area contributed by atoms with Gasteiger partial charge in [0.1, 0.15) is 11.3 Å². The molecule has 1 fully saturated rings. The molecule has 9 heteroatoms. The van der Waals surface area contributed by atoms with E-state index in [0.717, 1.165) is 0 Å². The van der Waals surface area contributed by atoms with Crippen molar-refractivity contribution in [2.75, 3.05) is 36.8 Å². The number of carbonyl (C=O) groups excluding carboxylic acids is 1. The monoisotopic (exact) mass is 405 g/mol. The minimum atomic E-state index is -0.534. The van der Waals surface area contributed by atoms with E-state index in [1.165, 1.54) is 4.68 Å². The topological polar surface area (TPSA) is 93.7 Å². The minimum absolute atomic E-state index is 0.112. The van der Waals surface area contributed by atoms with Gasteiger partial charge in [-0.05, 0) is 39.0 Å². The van der Waals surface area contributed by atoms with Crippen molar-refractivity contribution in [1.82, 2.24) is 14.7 Å². The maximum absolute atomic E-state index is 12.7. The van der Waals surface area contributed by atoms with Gasteiger partial charge in [0.15, 0.2) is 0 Å². The van der Waals surface area contributed by atoms with E-state index >= 15 is 0 Å². The maximum atomic E-state index is 12.7. The second-order valence-electron chi connectivity index (χ2n) is 7.59. The van der Waals surface area contributed by atoms with Crippen molar-refractivity contribution in [2.24, 2.45) is 0 Å². The first-order valence-electron chi connectivity index (χ1n) is 9.02. The van der Waals surface area contributed by atoms with Crippen LogP contribution in [-0.2, 0) is 4.74 Å². The van der Waals surface area contributed by atoms with Crippen LogP contribution in [0.3, 0.4) is 0 Å². The number of ether oxygens (including phenoxy) is 1. The smallest absolute Gasteiger partial charge is 0.410 e. The second kappa shape index (κ2) is 7.71. The lowest BCUT2D eigenvalue weighted by Crippen LogP contribution is -2.50. The number of halogens is 1. The fourth-order valence-electron chi connectivity index (χ4n) is 2.96. The van der Waals surface area contributed by atoms with Gasteiger partial charge in [0.25, 0.3) is 5.56 Å². The van der Waals surface area contributed by atoms with E-state index in [-0.39, 0.29) is 11.8 Å². The van der Waals surface area contributed by atoms with Crippen molar-refractivity contribution in [3.8, 4) is 5.69 Å². The standard InChI is InChI=1S/C19H24ClN5O3/c1-19(2,3)28-18(27)24-9-7-23(8-10-24)15-12-22-25(17(26)16(15)21)14-6-4-5-13(20)11-14/h4-6,11-12H,7-10,21H2,1-3H3. The molecular formula is C19H24ClN5O3. The number of nitrogens with two attached hydrogens (primary N) is 1. The van der Waals surface area contributed by atoms with Crippen molar-refractivity contribution in [3.05, 3.63) is 45.8 Å².